The Morgan fingerprint density at radius 3 is 2.56 bits per heavy atom. The van der Waals surface area contributed by atoms with Gasteiger partial charge in [-0.15, -0.1) is 0 Å². The lowest BCUT2D eigenvalue weighted by Crippen LogP contribution is -2.80. The molecule has 0 radical (unpaired) electrons. The van der Waals surface area contributed by atoms with Gasteiger partial charge in [0.25, 0.3) is 0 Å². The SMILES string of the molecule is CCOc1cc(C[NH2+]Cc2ccco2)cc(Cl)c1OCc1ccc(F)cc1. The lowest BCUT2D eigenvalue weighted by Gasteiger charge is -2.15. The molecule has 2 N–H and O–H groups in total. The summed E-state index contributed by atoms with van der Waals surface area (Å²) < 4.78 is 29.9. The van der Waals surface area contributed by atoms with Crippen molar-refractivity contribution in [2.45, 2.75) is 26.6 Å². The van der Waals surface area contributed by atoms with Gasteiger partial charge in [0.05, 0.1) is 17.9 Å². The van der Waals surface area contributed by atoms with Gasteiger partial charge in [-0.25, -0.2) is 4.39 Å². The number of halogens is 2. The fourth-order valence-electron chi connectivity index (χ4n) is 2.69. The lowest BCUT2D eigenvalue weighted by molar-refractivity contribution is -0.688. The molecule has 0 aliphatic carbocycles. The minimum atomic E-state index is -0.276. The molecule has 0 amide bonds. The van der Waals surface area contributed by atoms with Crippen LogP contribution in [0.25, 0.3) is 0 Å². The van der Waals surface area contributed by atoms with Crippen LogP contribution >= 0.6 is 11.6 Å². The number of rotatable bonds is 9. The molecule has 0 unspecified atom stereocenters. The van der Waals surface area contributed by atoms with Gasteiger partial charge in [0, 0.05) is 5.56 Å². The molecule has 0 aliphatic rings. The van der Waals surface area contributed by atoms with E-state index in [-0.39, 0.29) is 12.4 Å². The van der Waals surface area contributed by atoms with Crippen molar-refractivity contribution in [1.82, 2.24) is 0 Å². The Hall–Kier alpha value is -2.50. The van der Waals surface area contributed by atoms with E-state index in [1.165, 1.54) is 12.1 Å². The van der Waals surface area contributed by atoms with E-state index in [0.29, 0.717) is 23.1 Å². The van der Waals surface area contributed by atoms with Crippen LogP contribution in [-0.4, -0.2) is 6.61 Å². The zero-order valence-corrected chi connectivity index (χ0v) is 15.8. The Morgan fingerprint density at radius 1 is 1.04 bits per heavy atom. The first-order chi connectivity index (χ1) is 13.2. The average molecular weight is 391 g/mol. The highest BCUT2D eigenvalue weighted by molar-refractivity contribution is 6.32. The summed E-state index contributed by atoms with van der Waals surface area (Å²) in [7, 11) is 0. The zero-order valence-electron chi connectivity index (χ0n) is 15.1. The van der Waals surface area contributed by atoms with E-state index >= 15 is 0 Å². The predicted molar refractivity (Wildman–Crippen MR) is 101 cm³/mol. The molecule has 27 heavy (non-hydrogen) atoms. The lowest BCUT2D eigenvalue weighted by atomic mass is 10.2. The van der Waals surface area contributed by atoms with Gasteiger partial charge < -0.3 is 19.2 Å². The third kappa shape index (κ3) is 5.49. The number of benzene rings is 2. The molecule has 0 atom stereocenters. The molecular weight excluding hydrogens is 369 g/mol. The summed E-state index contributed by atoms with van der Waals surface area (Å²) in [5.74, 6) is 1.75. The molecule has 0 saturated heterocycles. The van der Waals surface area contributed by atoms with E-state index in [1.54, 1.807) is 18.4 Å². The second-order valence-corrected chi connectivity index (χ2v) is 6.44. The van der Waals surface area contributed by atoms with E-state index in [4.69, 9.17) is 25.5 Å². The summed E-state index contributed by atoms with van der Waals surface area (Å²) in [6.45, 7) is 4.18. The highest BCUT2D eigenvalue weighted by Crippen LogP contribution is 2.37. The smallest absolute Gasteiger partial charge is 0.180 e. The van der Waals surface area contributed by atoms with Crippen molar-refractivity contribution in [1.29, 1.82) is 0 Å². The van der Waals surface area contributed by atoms with Crippen LogP contribution in [0, 0.1) is 5.82 Å². The molecule has 0 saturated carbocycles. The number of hydrogen-bond donors (Lipinski definition) is 1. The monoisotopic (exact) mass is 390 g/mol. The zero-order chi connectivity index (χ0) is 19.1. The van der Waals surface area contributed by atoms with Crippen molar-refractivity contribution in [3.05, 3.63) is 82.5 Å². The Bertz CT molecular complexity index is 851. The van der Waals surface area contributed by atoms with Crippen LogP contribution in [0.15, 0.2) is 59.2 Å². The summed E-state index contributed by atoms with van der Waals surface area (Å²) >= 11 is 6.44. The van der Waals surface area contributed by atoms with Gasteiger partial charge in [-0.3, -0.25) is 0 Å². The molecule has 2 aromatic carbocycles. The first-order valence-electron chi connectivity index (χ1n) is 8.82. The van der Waals surface area contributed by atoms with E-state index in [9.17, 15) is 4.39 Å². The Balaban J connectivity index is 1.68. The van der Waals surface area contributed by atoms with Gasteiger partial charge in [-0.2, -0.15) is 0 Å². The summed E-state index contributed by atoms with van der Waals surface area (Å²) in [6.07, 6.45) is 1.67. The highest BCUT2D eigenvalue weighted by Gasteiger charge is 2.14. The third-order valence-corrected chi connectivity index (χ3v) is 4.25. The van der Waals surface area contributed by atoms with Gasteiger partial charge in [0.1, 0.15) is 25.5 Å². The maximum Gasteiger partial charge on any atom is 0.180 e. The fourth-order valence-corrected chi connectivity index (χ4v) is 2.98. The second kappa shape index (κ2) is 9.44. The fraction of sp³-hybridized carbons (Fsp3) is 0.238. The van der Waals surface area contributed by atoms with E-state index in [1.807, 2.05) is 31.2 Å². The van der Waals surface area contributed by atoms with Crippen molar-refractivity contribution in [2.75, 3.05) is 6.61 Å². The van der Waals surface area contributed by atoms with Crippen LogP contribution in [0.4, 0.5) is 4.39 Å². The molecule has 142 valence electrons. The van der Waals surface area contributed by atoms with Crippen molar-refractivity contribution in [3.8, 4) is 11.5 Å². The molecule has 1 heterocycles. The number of nitrogens with two attached hydrogens (primary N) is 1. The quantitative estimate of drug-likeness (QED) is 0.592. The molecule has 3 rings (SSSR count). The van der Waals surface area contributed by atoms with Crippen LogP contribution in [-0.2, 0) is 19.7 Å². The molecule has 1 aromatic heterocycles. The minimum absolute atomic E-state index is 0.276. The summed E-state index contributed by atoms with van der Waals surface area (Å²) in [6, 6.07) is 13.8. The molecule has 4 nitrogen and oxygen atoms in total. The summed E-state index contributed by atoms with van der Waals surface area (Å²) in [5, 5.41) is 2.61. The molecule has 0 aliphatic heterocycles. The number of ether oxygens (including phenoxy) is 2. The predicted octanol–water partition coefficient (Wildman–Crippen LogP) is 4.31. The highest BCUT2D eigenvalue weighted by atomic mass is 35.5. The maximum atomic E-state index is 13.0. The third-order valence-electron chi connectivity index (χ3n) is 3.97. The van der Waals surface area contributed by atoms with Gasteiger partial charge in [0.15, 0.2) is 17.3 Å². The first kappa shape index (κ1) is 19.3. The Morgan fingerprint density at radius 2 is 1.85 bits per heavy atom. The molecule has 0 spiro atoms. The van der Waals surface area contributed by atoms with Crippen LogP contribution < -0.4 is 14.8 Å². The standard InChI is InChI=1S/C21H21ClFNO3/c1-2-25-20-11-16(12-24-13-18-4-3-9-26-18)10-19(22)21(20)27-14-15-5-7-17(23)8-6-15/h3-11,24H,2,12-14H2,1H3/p+1. The van der Waals surface area contributed by atoms with Crippen LogP contribution in [0.5, 0.6) is 11.5 Å². The Labute approximate surface area is 162 Å². The van der Waals surface area contributed by atoms with E-state index in [2.05, 4.69) is 5.32 Å². The van der Waals surface area contributed by atoms with Crippen molar-refractivity contribution >= 4 is 11.6 Å². The van der Waals surface area contributed by atoms with Crippen LogP contribution in [0.2, 0.25) is 5.02 Å². The average Bonchev–Trinajstić information content (AvgIpc) is 3.16. The first-order valence-corrected chi connectivity index (χ1v) is 9.20. The molecule has 0 bridgehead atoms. The van der Waals surface area contributed by atoms with Crippen molar-refractivity contribution < 1.29 is 23.6 Å². The number of quaternary nitrogens is 1. The normalized spacial score (nSPS) is 10.8. The topological polar surface area (TPSA) is 48.2 Å². The number of hydrogen-bond acceptors (Lipinski definition) is 3. The van der Waals surface area contributed by atoms with Crippen molar-refractivity contribution in [2.24, 2.45) is 0 Å². The summed E-state index contributed by atoms with van der Waals surface area (Å²) in [5.41, 5.74) is 1.88. The van der Waals surface area contributed by atoms with Crippen LogP contribution in [0.3, 0.4) is 0 Å². The van der Waals surface area contributed by atoms with E-state index in [0.717, 1.165) is 30.0 Å². The second-order valence-electron chi connectivity index (χ2n) is 6.03. The van der Waals surface area contributed by atoms with E-state index < -0.39 is 0 Å². The van der Waals surface area contributed by atoms with Gasteiger partial charge >= 0.3 is 0 Å². The van der Waals surface area contributed by atoms with Gasteiger partial charge in [-0.05, 0) is 48.9 Å². The molecule has 0 fully saturated rings. The molecule has 6 heteroatoms. The largest absolute Gasteiger partial charge is 0.490 e. The van der Waals surface area contributed by atoms with Gasteiger partial charge in [0.2, 0.25) is 0 Å². The van der Waals surface area contributed by atoms with Crippen LogP contribution in [0.1, 0.15) is 23.8 Å². The molecular formula is C21H22ClFNO3+. The summed E-state index contributed by atoms with van der Waals surface area (Å²) in [4.78, 5) is 0. The maximum absolute atomic E-state index is 13.0. The van der Waals surface area contributed by atoms with Gasteiger partial charge in [-0.1, -0.05) is 23.7 Å². The van der Waals surface area contributed by atoms with Crippen molar-refractivity contribution in [3.63, 3.8) is 0 Å². The minimum Gasteiger partial charge on any atom is -0.490 e. The number of furan rings is 1. The Kier molecular flexibility index (Phi) is 6.74. The molecule has 3 aromatic rings.